The first-order valence-electron chi connectivity index (χ1n) is 4.56. The van der Waals surface area contributed by atoms with Crippen molar-refractivity contribution in [3.63, 3.8) is 0 Å². The Morgan fingerprint density at radius 2 is 1.93 bits per heavy atom. The number of hydrogen-bond acceptors (Lipinski definition) is 4. The van der Waals surface area contributed by atoms with Gasteiger partial charge in [0, 0.05) is 12.8 Å². The first-order valence-corrected chi connectivity index (χ1v) is 4.56. The number of aliphatic carboxylic acids is 1. The van der Waals surface area contributed by atoms with Crippen LogP contribution in [0.3, 0.4) is 0 Å². The summed E-state index contributed by atoms with van der Waals surface area (Å²) in [5.41, 5.74) is 0. The van der Waals surface area contributed by atoms with E-state index in [1.165, 1.54) is 14.0 Å². The minimum absolute atomic E-state index is 0.0555. The third kappa shape index (κ3) is 6.48. The van der Waals surface area contributed by atoms with E-state index in [0.29, 0.717) is 0 Å². The van der Waals surface area contributed by atoms with Gasteiger partial charge in [0.15, 0.2) is 0 Å². The molecule has 15 heavy (non-hydrogen) atoms. The number of carboxylic acid groups (broad SMARTS) is 1. The number of hydrogen-bond donors (Lipinski definition) is 2. The van der Waals surface area contributed by atoms with E-state index in [4.69, 9.17) is 5.11 Å². The Kier molecular flexibility index (Phi) is 6.08. The molecule has 0 bridgehead atoms. The molecule has 0 heterocycles. The Balaban J connectivity index is 3.74. The van der Waals surface area contributed by atoms with Crippen LogP contribution in [0.25, 0.3) is 0 Å². The molecule has 1 amide bonds. The molecule has 0 spiro atoms. The number of rotatable bonds is 6. The van der Waals surface area contributed by atoms with Crippen molar-refractivity contribution < 1.29 is 24.2 Å². The fourth-order valence-corrected chi connectivity index (χ4v) is 0.950. The van der Waals surface area contributed by atoms with Crippen LogP contribution in [0.4, 0.5) is 0 Å². The molecule has 0 fully saturated rings. The number of ether oxygens (including phenoxy) is 1. The van der Waals surface area contributed by atoms with Crippen molar-refractivity contribution in [3.8, 4) is 0 Å². The van der Waals surface area contributed by atoms with Crippen molar-refractivity contribution in [1.29, 1.82) is 0 Å². The highest BCUT2D eigenvalue weighted by Crippen LogP contribution is 1.96. The van der Waals surface area contributed by atoms with E-state index in [1.54, 1.807) is 0 Å². The van der Waals surface area contributed by atoms with Gasteiger partial charge in [0.25, 0.3) is 0 Å². The first kappa shape index (κ1) is 13.4. The predicted octanol–water partition coefficient (Wildman–Crippen LogP) is -0.0810. The van der Waals surface area contributed by atoms with Crippen LogP contribution in [-0.4, -0.2) is 36.1 Å². The standard InChI is InChI=1S/C9H15NO5/c1-6(9(14)15-2)10-7(11)4-3-5-8(12)13/h6H,3-5H2,1-2H3,(H,10,11)(H,12,13)/t6-/m0/s1. The fraction of sp³-hybridized carbons (Fsp3) is 0.667. The van der Waals surface area contributed by atoms with E-state index in [-0.39, 0.29) is 25.2 Å². The maximum absolute atomic E-state index is 11.1. The highest BCUT2D eigenvalue weighted by atomic mass is 16.5. The van der Waals surface area contributed by atoms with Gasteiger partial charge in [0.1, 0.15) is 6.04 Å². The van der Waals surface area contributed by atoms with Crippen LogP contribution in [0, 0.1) is 0 Å². The van der Waals surface area contributed by atoms with Gasteiger partial charge in [0.2, 0.25) is 5.91 Å². The molecule has 0 aromatic rings. The van der Waals surface area contributed by atoms with Crippen molar-refractivity contribution in [2.45, 2.75) is 32.2 Å². The number of nitrogens with one attached hydrogen (secondary N) is 1. The number of esters is 1. The lowest BCUT2D eigenvalue weighted by Crippen LogP contribution is -2.39. The zero-order valence-electron chi connectivity index (χ0n) is 8.78. The summed E-state index contributed by atoms with van der Waals surface area (Å²) in [5.74, 6) is -1.82. The molecule has 0 aromatic carbocycles. The van der Waals surface area contributed by atoms with Gasteiger partial charge in [-0.05, 0) is 13.3 Å². The lowest BCUT2D eigenvalue weighted by molar-refractivity contribution is -0.144. The molecule has 0 rings (SSSR count). The number of amides is 1. The molecular weight excluding hydrogens is 202 g/mol. The Morgan fingerprint density at radius 3 is 2.40 bits per heavy atom. The lowest BCUT2D eigenvalue weighted by atomic mass is 10.2. The molecule has 0 aliphatic carbocycles. The summed E-state index contributed by atoms with van der Waals surface area (Å²) in [5, 5.41) is 10.7. The molecule has 6 nitrogen and oxygen atoms in total. The van der Waals surface area contributed by atoms with Gasteiger partial charge in [-0.1, -0.05) is 0 Å². The second-order valence-corrected chi connectivity index (χ2v) is 3.06. The van der Waals surface area contributed by atoms with Crippen molar-refractivity contribution in [2.75, 3.05) is 7.11 Å². The molecule has 86 valence electrons. The van der Waals surface area contributed by atoms with Gasteiger partial charge in [0.05, 0.1) is 7.11 Å². The van der Waals surface area contributed by atoms with Gasteiger partial charge in [-0.15, -0.1) is 0 Å². The van der Waals surface area contributed by atoms with Gasteiger partial charge in [-0.25, -0.2) is 4.79 Å². The molecule has 0 unspecified atom stereocenters. The second kappa shape index (κ2) is 6.80. The summed E-state index contributed by atoms with van der Waals surface area (Å²) < 4.78 is 4.41. The summed E-state index contributed by atoms with van der Waals surface area (Å²) in [7, 11) is 1.23. The summed E-state index contributed by atoms with van der Waals surface area (Å²) in [4.78, 5) is 32.2. The summed E-state index contributed by atoms with van der Waals surface area (Å²) >= 11 is 0. The Morgan fingerprint density at radius 1 is 1.33 bits per heavy atom. The first-order chi connectivity index (χ1) is 6.97. The summed E-state index contributed by atoms with van der Waals surface area (Å²) in [6, 6.07) is -0.702. The third-order valence-electron chi connectivity index (χ3n) is 1.73. The van der Waals surface area contributed by atoms with Crippen molar-refractivity contribution in [3.05, 3.63) is 0 Å². The number of methoxy groups -OCH3 is 1. The molecule has 0 aromatic heterocycles. The number of carboxylic acids is 1. The Labute approximate surface area is 87.6 Å². The molecule has 0 radical (unpaired) electrons. The SMILES string of the molecule is COC(=O)[C@H](C)NC(=O)CCCC(=O)O. The molecule has 0 saturated heterocycles. The molecule has 0 aliphatic heterocycles. The smallest absolute Gasteiger partial charge is 0.328 e. The van der Waals surface area contributed by atoms with Crippen LogP contribution in [0.2, 0.25) is 0 Å². The van der Waals surface area contributed by atoms with Crippen LogP contribution in [0.5, 0.6) is 0 Å². The van der Waals surface area contributed by atoms with Gasteiger partial charge < -0.3 is 15.2 Å². The van der Waals surface area contributed by atoms with Crippen LogP contribution < -0.4 is 5.32 Å². The third-order valence-corrected chi connectivity index (χ3v) is 1.73. The molecule has 2 N–H and O–H groups in total. The van der Waals surface area contributed by atoms with E-state index in [9.17, 15) is 14.4 Å². The van der Waals surface area contributed by atoms with Crippen molar-refractivity contribution in [2.24, 2.45) is 0 Å². The van der Waals surface area contributed by atoms with E-state index < -0.39 is 18.0 Å². The van der Waals surface area contributed by atoms with Crippen LogP contribution in [-0.2, 0) is 19.1 Å². The topological polar surface area (TPSA) is 92.7 Å². The molecule has 0 saturated carbocycles. The van der Waals surface area contributed by atoms with Crippen molar-refractivity contribution >= 4 is 17.8 Å². The second-order valence-electron chi connectivity index (χ2n) is 3.06. The number of carbonyl (C=O) groups excluding carboxylic acids is 2. The monoisotopic (exact) mass is 217 g/mol. The van der Waals surface area contributed by atoms with Crippen LogP contribution >= 0.6 is 0 Å². The van der Waals surface area contributed by atoms with Crippen LogP contribution in [0.1, 0.15) is 26.2 Å². The average Bonchev–Trinajstić information content (AvgIpc) is 2.15. The van der Waals surface area contributed by atoms with Gasteiger partial charge in [-0.3, -0.25) is 9.59 Å². The maximum atomic E-state index is 11.1. The van der Waals surface area contributed by atoms with Crippen LogP contribution in [0.15, 0.2) is 0 Å². The largest absolute Gasteiger partial charge is 0.481 e. The average molecular weight is 217 g/mol. The predicted molar refractivity (Wildman–Crippen MR) is 51.1 cm³/mol. The molecule has 6 heteroatoms. The molecule has 0 aliphatic rings. The lowest BCUT2D eigenvalue weighted by Gasteiger charge is -2.10. The normalized spacial score (nSPS) is 11.6. The van der Waals surface area contributed by atoms with E-state index in [2.05, 4.69) is 10.1 Å². The van der Waals surface area contributed by atoms with Crippen molar-refractivity contribution in [1.82, 2.24) is 5.32 Å². The highest BCUT2D eigenvalue weighted by molar-refractivity contribution is 5.84. The van der Waals surface area contributed by atoms with E-state index >= 15 is 0 Å². The zero-order valence-corrected chi connectivity index (χ0v) is 8.78. The van der Waals surface area contributed by atoms with E-state index in [1.807, 2.05) is 0 Å². The maximum Gasteiger partial charge on any atom is 0.328 e. The summed E-state index contributed by atoms with van der Waals surface area (Å²) in [6.45, 7) is 1.50. The molecular formula is C9H15NO5. The fourth-order valence-electron chi connectivity index (χ4n) is 0.950. The Bertz CT molecular complexity index is 251. The quantitative estimate of drug-likeness (QED) is 0.607. The highest BCUT2D eigenvalue weighted by Gasteiger charge is 2.15. The molecule has 1 atom stereocenters. The minimum atomic E-state index is -0.941. The van der Waals surface area contributed by atoms with Gasteiger partial charge in [-0.2, -0.15) is 0 Å². The van der Waals surface area contributed by atoms with E-state index in [0.717, 1.165) is 0 Å². The zero-order chi connectivity index (χ0) is 11.8. The summed E-state index contributed by atoms with van der Waals surface area (Å²) in [6.07, 6.45) is 0.294. The number of carbonyl (C=O) groups is 3. The van der Waals surface area contributed by atoms with Gasteiger partial charge >= 0.3 is 11.9 Å². The Hall–Kier alpha value is -1.59. The minimum Gasteiger partial charge on any atom is -0.481 e.